The van der Waals surface area contributed by atoms with E-state index < -0.39 is 0 Å². The van der Waals surface area contributed by atoms with Gasteiger partial charge in [-0.15, -0.1) is 0 Å². The normalized spacial score (nSPS) is 18.7. The fourth-order valence-electron chi connectivity index (χ4n) is 2.17. The predicted octanol–water partition coefficient (Wildman–Crippen LogP) is 1.49. The molecule has 0 fully saturated rings. The highest BCUT2D eigenvalue weighted by molar-refractivity contribution is 5.70. The number of aliphatic hydroxyl groups excluding tert-OH is 1. The van der Waals surface area contributed by atoms with Crippen LogP contribution in [0.4, 0.5) is 5.69 Å². The molecule has 1 atom stereocenters. The van der Waals surface area contributed by atoms with Crippen molar-refractivity contribution in [3.05, 3.63) is 29.8 Å². The average Bonchev–Trinajstić information content (AvgIpc) is 2.38. The SMILES string of the molecule is COC(=O)CCN1CCC(O)c2ccccc21. The molecule has 0 saturated carbocycles. The zero-order valence-electron chi connectivity index (χ0n) is 9.93. The predicted molar refractivity (Wildman–Crippen MR) is 64.9 cm³/mol. The van der Waals surface area contributed by atoms with Crippen molar-refractivity contribution in [1.29, 1.82) is 0 Å². The van der Waals surface area contributed by atoms with Crippen molar-refractivity contribution in [3.8, 4) is 0 Å². The summed E-state index contributed by atoms with van der Waals surface area (Å²) in [4.78, 5) is 13.3. The molecule has 1 aromatic rings. The summed E-state index contributed by atoms with van der Waals surface area (Å²) in [6.07, 6.45) is 0.694. The summed E-state index contributed by atoms with van der Waals surface area (Å²) in [5.41, 5.74) is 1.97. The fourth-order valence-corrected chi connectivity index (χ4v) is 2.17. The largest absolute Gasteiger partial charge is 0.469 e. The van der Waals surface area contributed by atoms with Gasteiger partial charge in [-0.25, -0.2) is 0 Å². The molecule has 1 unspecified atom stereocenters. The number of carbonyl (C=O) groups excluding carboxylic acids is 1. The Labute approximate surface area is 101 Å². The van der Waals surface area contributed by atoms with Crippen LogP contribution in [0, 0.1) is 0 Å². The van der Waals surface area contributed by atoms with Crippen LogP contribution in [0.15, 0.2) is 24.3 Å². The van der Waals surface area contributed by atoms with E-state index in [4.69, 9.17) is 0 Å². The molecule has 0 saturated heterocycles. The third-order valence-corrected chi connectivity index (χ3v) is 3.12. The number of nitrogens with zero attached hydrogens (tertiary/aromatic N) is 1. The van der Waals surface area contributed by atoms with Gasteiger partial charge in [-0.2, -0.15) is 0 Å². The van der Waals surface area contributed by atoms with Crippen molar-refractivity contribution in [3.63, 3.8) is 0 Å². The Kier molecular flexibility index (Phi) is 3.64. The van der Waals surface area contributed by atoms with Crippen LogP contribution in [0.25, 0.3) is 0 Å². The van der Waals surface area contributed by atoms with Gasteiger partial charge in [0.1, 0.15) is 0 Å². The standard InChI is InChI=1S/C13H17NO3/c1-17-13(16)7-9-14-8-6-12(15)10-4-2-3-5-11(10)14/h2-5,12,15H,6-9H2,1H3. The molecule has 0 amide bonds. The van der Waals surface area contributed by atoms with Crippen LogP contribution in [0.3, 0.4) is 0 Å². The summed E-state index contributed by atoms with van der Waals surface area (Å²) in [5.74, 6) is -0.200. The molecule has 0 radical (unpaired) electrons. The molecule has 4 heteroatoms. The van der Waals surface area contributed by atoms with Crippen molar-refractivity contribution < 1.29 is 14.6 Å². The first kappa shape index (κ1) is 11.9. The number of carbonyl (C=O) groups is 1. The Hall–Kier alpha value is -1.55. The van der Waals surface area contributed by atoms with Gasteiger partial charge in [0.2, 0.25) is 0 Å². The van der Waals surface area contributed by atoms with E-state index in [2.05, 4.69) is 9.64 Å². The lowest BCUT2D eigenvalue weighted by molar-refractivity contribution is -0.140. The fraction of sp³-hybridized carbons (Fsp3) is 0.462. The van der Waals surface area contributed by atoms with Crippen LogP contribution in [0.1, 0.15) is 24.5 Å². The molecule has 17 heavy (non-hydrogen) atoms. The second-order valence-electron chi connectivity index (χ2n) is 4.18. The molecule has 1 aromatic carbocycles. The first-order valence-corrected chi connectivity index (χ1v) is 5.81. The van der Waals surface area contributed by atoms with Crippen LogP contribution in [-0.4, -0.2) is 31.3 Å². The van der Waals surface area contributed by atoms with Crippen molar-refractivity contribution in [2.45, 2.75) is 18.9 Å². The van der Waals surface area contributed by atoms with Crippen LogP contribution < -0.4 is 4.90 Å². The first-order chi connectivity index (χ1) is 8.22. The summed E-state index contributed by atoms with van der Waals surface area (Å²) >= 11 is 0. The summed E-state index contributed by atoms with van der Waals surface area (Å²) in [7, 11) is 1.40. The van der Waals surface area contributed by atoms with Gasteiger partial charge >= 0.3 is 5.97 Å². The summed E-state index contributed by atoms with van der Waals surface area (Å²) in [6, 6.07) is 7.78. The van der Waals surface area contributed by atoms with Crippen molar-refractivity contribution >= 4 is 11.7 Å². The molecule has 0 spiro atoms. The van der Waals surface area contributed by atoms with E-state index >= 15 is 0 Å². The molecule has 1 heterocycles. The van der Waals surface area contributed by atoms with Crippen LogP contribution in [-0.2, 0) is 9.53 Å². The minimum atomic E-state index is -0.388. The number of esters is 1. The maximum absolute atomic E-state index is 11.1. The molecule has 1 aliphatic heterocycles. The Morgan fingerprint density at radius 3 is 3.06 bits per heavy atom. The zero-order chi connectivity index (χ0) is 12.3. The van der Waals surface area contributed by atoms with Gasteiger partial charge < -0.3 is 14.7 Å². The Balaban J connectivity index is 2.10. The second kappa shape index (κ2) is 5.19. The lowest BCUT2D eigenvalue weighted by Crippen LogP contribution is -2.33. The van der Waals surface area contributed by atoms with Gasteiger partial charge in [0.05, 0.1) is 19.6 Å². The number of anilines is 1. The topological polar surface area (TPSA) is 49.8 Å². The summed E-state index contributed by atoms with van der Waals surface area (Å²) < 4.78 is 4.64. The number of aliphatic hydroxyl groups is 1. The van der Waals surface area contributed by atoms with Gasteiger partial charge in [0.15, 0.2) is 0 Å². The van der Waals surface area contributed by atoms with Gasteiger partial charge in [-0.1, -0.05) is 18.2 Å². The van der Waals surface area contributed by atoms with E-state index in [1.54, 1.807) is 0 Å². The highest BCUT2D eigenvalue weighted by Crippen LogP contribution is 2.33. The van der Waals surface area contributed by atoms with Gasteiger partial charge in [0, 0.05) is 24.3 Å². The van der Waals surface area contributed by atoms with E-state index in [9.17, 15) is 9.90 Å². The molecule has 0 aromatic heterocycles. The lowest BCUT2D eigenvalue weighted by Gasteiger charge is -2.33. The number of fused-ring (bicyclic) bond motifs is 1. The highest BCUT2D eigenvalue weighted by atomic mass is 16.5. The maximum Gasteiger partial charge on any atom is 0.307 e. The van der Waals surface area contributed by atoms with Crippen molar-refractivity contribution in [1.82, 2.24) is 0 Å². The highest BCUT2D eigenvalue weighted by Gasteiger charge is 2.23. The third-order valence-electron chi connectivity index (χ3n) is 3.12. The number of benzene rings is 1. The zero-order valence-corrected chi connectivity index (χ0v) is 9.93. The Morgan fingerprint density at radius 2 is 2.29 bits per heavy atom. The van der Waals surface area contributed by atoms with Gasteiger partial charge in [-0.05, 0) is 12.5 Å². The second-order valence-corrected chi connectivity index (χ2v) is 4.18. The summed E-state index contributed by atoms with van der Waals surface area (Å²) in [5, 5.41) is 9.88. The number of hydrogen-bond donors (Lipinski definition) is 1. The van der Waals surface area contributed by atoms with E-state index in [1.165, 1.54) is 7.11 Å². The average molecular weight is 235 g/mol. The van der Waals surface area contributed by atoms with E-state index in [-0.39, 0.29) is 12.1 Å². The molecule has 1 N–H and O–H groups in total. The number of para-hydroxylation sites is 1. The van der Waals surface area contributed by atoms with E-state index in [0.717, 1.165) is 17.8 Å². The Morgan fingerprint density at radius 1 is 1.53 bits per heavy atom. The molecule has 4 nitrogen and oxygen atoms in total. The number of rotatable bonds is 3. The first-order valence-electron chi connectivity index (χ1n) is 5.81. The smallest absolute Gasteiger partial charge is 0.307 e. The lowest BCUT2D eigenvalue weighted by atomic mass is 9.99. The minimum absolute atomic E-state index is 0.200. The third kappa shape index (κ3) is 2.58. The number of ether oxygens (including phenoxy) is 1. The molecule has 0 aliphatic carbocycles. The van der Waals surface area contributed by atoms with Gasteiger partial charge in [-0.3, -0.25) is 4.79 Å². The monoisotopic (exact) mass is 235 g/mol. The van der Waals surface area contributed by atoms with Crippen molar-refractivity contribution in [2.75, 3.05) is 25.1 Å². The molecule has 2 rings (SSSR count). The molecule has 92 valence electrons. The van der Waals surface area contributed by atoms with Crippen molar-refractivity contribution in [2.24, 2.45) is 0 Å². The summed E-state index contributed by atoms with van der Waals surface area (Å²) in [6.45, 7) is 1.41. The van der Waals surface area contributed by atoms with E-state index in [0.29, 0.717) is 19.4 Å². The van der Waals surface area contributed by atoms with Crippen LogP contribution >= 0.6 is 0 Å². The number of methoxy groups -OCH3 is 1. The van der Waals surface area contributed by atoms with Crippen LogP contribution in [0.5, 0.6) is 0 Å². The molecule has 0 bridgehead atoms. The molecule has 1 aliphatic rings. The molecular weight excluding hydrogens is 218 g/mol. The van der Waals surface area contributed by atoms with Gasteiger partial charge in [0.25, 0.3) is 0 Å². The molecular formula is C13H17NO3. The number of hydrogen-bond acceptors (Lipinski definition) is 4. The Bertz CT molecular complexity index is 405. The minimum Gasteiger partial charge on any atom is -0.469 e. The van der Waals surface area contributed by atoms with Crippen LogP contribution in [0.2, 0.25) is 0 Å². The quantitative estimate of drug-likeness (QED) is 0.806. The maximum atomic E-state index is 11.1. The van der Waals surface area contributed by atoms with E-state index in [1.807, 2.05) is 24.3 Å².